The fraction of sp³-hybridized carbons (Fsp3) is 0.444. The van der Waals surface area contributed by atoms with Gasteiger partial charge in [0, 0.05) is 24.2 Å². The van der Waals surface area contributed by atoms with Crippen LogP contribution in [0.4, 0.5) is 11.4 Å². The number of aryl methyl sites for hydroxylation is 2. The molecule has 1 N–H and O–H groups in total. The van der Waals surface area contributed by atoms with Crippen molar-refractivity contribution in [3.63, 3.8) is 0 Å². The van der Waals surface area contributed by atoms with Crippen LogP contribution in [0, 0.1) is 13.8 Å². The third-order valence-corrected chi connectivity index (χ3v) is 6.92. The summed E-state index contributed by atoms with van der Waals surface area (Å²) < 4.78 is 0. The summed E-state index contributed by atoms with van der Waals surface area (Å²) in [4.78, 5) is 42.8. The number of carbonyl (C=O) groups excluding carboxylic acids is 3. The minimum absolute atomic E-state index is 0.0387. The Kier molecular flexibility index (Phi) is 6.28. The average molecular weight is 448 g/mol. The third kappa shape index (κ3) is 4.39. The highest BCUT2D eigenvalue weighted by molar-refractivity contribution is 6.02. The second kappa shape index (κ2) is 9.00. The molecule has 2 aliphatic rings. The van der Waals surface area contributed by atoms with Crippen LogP contribution in [0.15, 0.2) is 42.5 Å². The molecule has 1 heterocycles. The van der Waals surface area contributed by atoms with Gasteiger partial charge in [-0.15, -0.1) is 0 Å². The summed E-state index contributed by atoms with van der Waals surface area (Å²) in [6.07, 6.45) is 2.03. The van der Waals surface area contributed by atoms with Crippen LogP contribution in [0.5, 0.6) is 0 Å². The predicted octanol–water partition coefficient (Wildman–Crippen LogP) is 4.55. The summed E-state index contributed by atoms with van der Waals surface area (Å²) in [6.45, 7) is 8.45. The van der Waals surface area contributed by atoms with E-state index in [1.807, 2.05) is 61.2 Å². The van der Waals surface area contributed by atoms with Crippen LogP contribution in [-0.2, 0) is 14.4 Å². The van der Waals surface area contributed by atoms with Gasteiger partial charge in [0.25, 0.3) is 5.91 Å². The summed E-state index contributed by atoms with van der Waals surface area (Å²) in [5.74, 6) is 0.0319. The molecule has 2 amide bonds. The van der Waals surface area contributed by atoms with E-state index in [2.05, 4.69) is 19.2 Å². The number of ketones is 1. The largest absolute Gasteiger partial charge is 0.338 e. The van der Waals surface area contributed by atoms with Crippen LogP contribution in [0.25, 0.3) is 0 Å². The number of Topliss-reactive ketones (excluding diaryl/α,β-unsaturated/α-hetero) is 1. The summed E-state index contributed by atoms with van der Waals surface area (Å²) in [7, 11) is 0. The molecule has 33 heavy (non-hydrogen) atoms. The number of anilines is 2. The molecule has 1 spiro atoms. The van der Waals surface area contributed by atoms with Crippen molar-refractivity contribution in [1.82, 2.24) is 4.90 Å². The first kappa shape index (κ1) is 23.0. The Morgan fingerprint density at radius 2 is 1.82 bits per heavy atom. The molecule has 4 rings (SSSR count). The smallest absolute Gasteiger partial charge is 0.250 e. The molecule has 2 aromatic carbocycles. The minimum Gasteiger partial charge on any atom is -0.338 e. The molecule has 1 saturated carbocycles. The number of para-hydroxylation sites is 1. The zero-order valence-corrected chi connectivity index (χ0v) is 20.0. The van der Waals surface area contributed by atoms with Gasteiger partial charge in [0.15, 0.2) is 0 Å². The highest BCUT2D eigenvalue weighted by Gasteiger charge is 2.54. The zero-order chi connectivity index (χ0) is 23.8. The molecule has 174 valence electrons. The standard InChI is InChI=1S/C27H33N3O3/c1-18(2)23-9-5-7-20(4)25(23)28-24(32)16-29-17-30(21-12-10-19(3)11-13-21)27(26(29)33)14-6-8-22(31)15-27/h5,7,9-13,18H,6,8,14-17H2,1-4H3,(H,28,32). The van der Waals surface area contributed by atoms with Gasteiger partial charge in [-0.25, -0.2) is 0 Å². The van der Waals surface area contributed by atoms with E-state index in [-0.39, 0.29) is 36.5 Å². The third-order valence-electron chi connectivity index (χ3n) is 6.92. The normalized spacial score (nSPS) is 20.8. The fourth-order valence-corrected chi connectivity index (χ4v) is 5.14. The van der Waals surface area contributed by atoms with Crippen molar-refractivity contribution in [3.05, 3.63) is 59.2 Å². The van der Waals surface area contributed by atoms with Crippen molar-refractivity contribution in [2.24, 2.45) is 0 Å². The topological polar surface area (TPSA) is 69.7 Å². The van der Waals surface area contributed by atoms with Gasteiger partial charge in [-0.05, 0) is 55.9 Å². The molecule has 1 unspecified atom stereocenters. The Hall–Kier alpha value is -3.15. The molecule has 1 saturated heterocycles. The van der Waals surface area contributed by atoms with Gasteiger partial charge in [-0.2, -0.15) is 0 Å². The molecule has 0 aromatic heterocycles. The molecular weight excluding hydrogens is 414 g/mol. The molecule has 6 heteroatoms. The van der Waals surface area contributed by atoms with Crippen molar-refractivity contribution < 1.29 is 14.4 Å². The van der Waals surface area contributed by atoms with E-state index in [0.717, 1.165) is 28.1 Å². The monoisotopic (exact) mass is 447 g/mol. The lowest BCUT2D eigenvalue weighted by molar-refractivity contribution is -0.138. The Morgan fingerprint density at radius 3 is 2.48 bits per heavy atom. The summed E-state index contributed by atoms with van der Waals surface area (Å²) in [5.41, 5.74) is 4.05. The van der Waals surface area contributed by atoms with E-state index in [4.69, 9.17) is 0 Å². The first-order valence-corrected chi connectivity index (χ1v) is 11.8. The number of nitrogens with zero attached hydrogens (tertiary/aromatic N) is 2. The lowest BCUT2D eigenvalue weighted by atomic mass is 9.79. The predicted molar refractivity (Wildman–Crippen MR) is 130 cm³/mol. The Balaban J connectivity index is 1.59. The highest BCUT2D eigenvalue weighted by Crippen LogP contribution is 2.41. The molecule has 1 aliphatic heterocycles. The molecular formula is C27H33N3O3. The summed E-state index contributed by atoms with van der Waals surface area (Å²) in [5, 5.41) is 3.05. The summed E-state index contributed by atoms with van der Waals surface area (Å²) in [6, 6.07) is 14.0. The van der Waals surface area contributed by atoms with Crippen molar-refractivity contribution in [1.29, 1.82) is 0 Å². The van der Waals surface area contributed by atoms with Crippen molar-refractivity contribution in [2.75, 3.05) is 23.4 Å². The van der Waals surface area contributed by atoms with E-state index in [9.17, 15) is 14.4 Å². The summed E-state index contributed by atoms with van der Waals surface area (Å²) >= 11 is 0. The molecule has 6 nitrogen and oxygen atoms in total. The van der Waals surface area contributed by atoms with Crippen LogP contribution >= 0.6 is 0 Å². The number of carbonyl (C=O) groups is 3. The van der Waals surface area contributed by atoms with Gasteiger partial charge < -0.3 is 15.1 Å². The van der Waals surface area contributed by atoms with E-state index in [1.54, 1.807) is 4.90 Å². The maximum absolute atomic E-state index is 13.7. The highest BCUT2D eigenvalue weighted by atomic mass is 16.2. The van der Waals surface area contributed by atoms with Gasteiger partial charge >= 0.3 is 0 Å². The number of benzene rings is 2. The molecule has 1 aliphatic carbocycles. The quantitative estimate of drug-likeness (QED) is 0.730. The second-order valence-electron chi connectivity index (χ2n) is 9.75. The van der Waals surface area contributed by atoms with Crippen LogP contribution in [-0.4, -0.2) is 41.2 Å². The van der Waals surface area contributed by atoms with Crippen LogP contribution in [0.1, 0.15) is 62.1 Å². The average Bonchev–Trinajstić information content (AvgIpc) is 3.01. The van der Waals surface area contributed by atoms with Crippen molar-refractivity contribution in [3.8, 4) is 0 Å². The lowest BCUT2D eigenvalue weighted by Gasteiger charge is -2.39. The van der Waals surface area contributed by atoms with Crippen LogP contribution < -0.4 is 10.2 Å². The number of hydrogen-bond acceptors (Lipinski definition) is 4. The van der Waals surface area contributed by atoms with Gasteiger partial charge in [0.1, 0.15) is 17.9 Å². The molecule has 1 atom stereocenters. The molecule has 2 aromatic rings. The van der Waals surface area contributed by atoms with E-state index in [1.165, 1.54) is 0 Å². The number of nitrogens with one attached hydrogen (secondary N) is 1. The zero-order valence-electron chi connectivity index (χ0n) is 20.0. The molecule has 2 fully saturated rings. The van der Waals surface area contributed by atoms with E-state index < -0.39 is 5.54 Å². The Bertz CT molecular complexity index is 1080. The first-order valence-electron chi connectivity index (χ1n) is 11.8. The number of rotatable bonds is 5. The maximum Gasteiger partial charge on any atom is 0.250 e. The van der Waals surface area contributed by atoms with Gasteiger partial charge in [0.05, 0.1) is 6.67 Å². The SMILES string of the molecule is Cc1ccc(N2CN(CC(=O)Nc3c(C)cccc3C(C)C)C(=O)C23CCCC(=O)C3)cc1. The van der Waals surface area contributed by atoms with Crippen LogP contribution in [0.2, 0.25) is 0 Å². The van der Waals surface area contributed by atoms with Gasteiger partial charge in [-0.1, -0.05) is 49.7 Å². The van der Waals surface area contributed by atoms with Crippen molar-refractivity contribution >= 4 is 29.0 Å². The Morgan fingerprint density at radius 1 is 1.09 bits per heavy atom. The molecule has 0 radical (unpaired) electrons. The van der Waals surface area contributed by atoms with Gasteiger partial charge in [0.2, 0.25) is 5.91 Å². The Labute approximate surface area is 196 Å². The lowest BCUT2D eigenvalue weighted by Crippen LogP contribution is -2.53. The molecule has 0 bridgehead atoms. The number of amides is 2. The minimum atomic E-state index is -0.892. The number of hydrogen-bond donors (Lipinski definition) is 1. The van der Waals surface area contributed by atoms with Gasteiger partial charge in [-0.3, -0.25) is 14.4 Å². The second-order valence-corrected chi connectivity index (χ2v) is 9.75. The van der Waals surface area contributed by atoms with Crippen molar-refractivity contribution in [2.45, 2.75) is 64.8 Å². The first-order chi connectivity index (χ1) is 15.7. The fourth-order valence-electron chi connectivity index (χ4n) is 5.14. The van der Waals surface area contributed by atoms with E-state index >= 15 is 0 Å². The maximum atomic E-state index is 13.7. The van der Waals surface area contributed by atoms with Crippen LogP contribution in [0.3, 0.4) is 0 Å². The van der Waals surface area contributed by atoms with E-state index in [0.29, 0.717) is 25.9 Å².